The van der Waals surface area contributed by atoms with Crippen LogP contribution in [0.5, 0.6) is 0 Å². The first-order chi connectivity index (χ1) is 12.1. The Kier molecular flexibility index (Phi) is 5.75. The molecule has 3 rings (SSSR count). The van der Waals surface area contributed by atoms with Gasteiger partial charge in [0.05, 0.1) is 0 Å². The van der Waals surface area contributed by atoms with Gasteiger partial charge < -0.3 is 10.6 Å². The lowest BCUT2D eigenvalue weighted by Gasteiger charge is -2.32. The fourth-order valence-corrected chi connectivity index (χ4v) is 3.60. The third-order valence-corrected chi connectivity index (χ3v) is 5.25. The summed E-state index contributed by atoms with van der Waals surface area (Å²) in [5.74, 6) is 0.640. The maximum Gasteiger partial charge on any atom is 0.192 e. The lowest BCUT2D eigenvalue weighted by atomic mass is 9.94. The molecule has 2 aromatic rings. The van der Waals surface area contributed by atoms with Crippen molar-refractivity contribution in [2.45, 2.75) is 51.1 Å². The smallest absolute Gasteiger partial charge is 0.192 e. The van der Waals surface area contributed by atoms with Gasteiger partial charge in [-0.25, -0.2) is 4.99 Å². The number of rotatable bonds is 4. The second kappa shape index (κ2) is 8.19. The molecule has 0 saturated heterocycles. The summed E-state index contributed by atoms with van der Waals surface area (Å²) in [5.41, 5.74) is 10.0. The predicted octanol–water partition coefficient (Wildman–Crippen LogP) is 4.66. The molecule has 2 N–H and O–H groups in total. The van der Waals surface area contributed by atoms with Crippen molar-refractivity contribution in [2.24, 2.45) is 10.7 Å². The van der Waals surface area contributed by atoms with Gasteiger partial charge >= 0.3 is 0 Å². The molecule has 0 bridgehead atoms. The second-order valence-electron chi connectivity index (χ2n) is 7.11. The molecule has 0 radical (unpaired) electrons. The highest BCUT2D eigenvalue weighted by Gasteiger charge is 2.21. The fourth-order valence-electron chi connectivity index (χ4n) is 3.60. The van der Waals surface area contributed by atoms with E-state index < -0.39 is 0 Å². The van der Waals surface area contributed by atoms with Gasteiger partial charge in [-0.15, -0.1) is 0 Å². The molecule has 0 spiro atoms. The third kappa shape index (κ3) is 4.41. The number of aliphatic imine (C=N–C) groups is 1. The van der Waals surface area contributed by atoms with E-state index in [9.17, 15) is 0 Å². The molecule has 2 aromatic carbocycles. The zero-order valence-corrected chi connectivity index (χ0v) is 15.4. The number of hydrogen-bond donors (Lipinski definition) is 1. The Labute approximate surface area is 151 Å². The van der Waals surface area contributed by atoms with Crippen molar-refractivity contribution in [3.05, 3.63) is 71.3 Å². The molecule has 0 aliphatic heterocycles. The molecule has 0 amide bonds. The van der Waals surface area contributed by atoms with Crippen LogP contribution in [0, 0.1) is 6.92 Å². The lowest BCUT2D eigenvalue weighted by molar-refractivity contribution is 0.275. The van der Waals surface area contributed by atoms with Gasteiger partial charge in [-0.05, 0) is 30.9 Å². The van der Waals surface area contributed by atoms with E-state index in [4.69, 9.17) is 10.7 Å². The van der Waals surface area contributed by atoms with Gasteiger partial charge in [0.15, 0.2) is 5.96 Å². The van der Waals surface area contributed by atoms with E-state index in [0.717, 1.165) is 0 Å². The number of benzene rings is 2. The third-order valence-electron chi connectivity index (χ3n) is 5.25. The molecule has 1 fully saturated rings. The van der Waals surface area contributed by atoms with Crippen molar-refractivity contribution in [3.63, 3.8) is 0 Å². The second-order valence-corrected chi connectivity index (χ2v) is 7.11. The summed E-state index contributed by atoms with van der Waals surface area (Å²) in [6.07, 6.45) is 6.36. The fraction of sp³-hybridized carbons (Fsp3) is 0.409. The average molecular weight is 335 g/mol. The van der Waals surface area contributed by atoms with Gasteiger partial charge in [0.1, 0.15) is 6.04 Å². The summed E-state index contributed by atoms with van der Waals surface area (Å²) < 4.78 is 0. The van der Waals surface area contributed by atoms with E-state index in [-0.39, 0.29) is 6.04 Å². The minimum Gasteiger partial charge on any atom is -0.370 e. The minimum atomic E-state index is -0.0622. The summed E-state index contributed by atoms with van der Waals surface area (Å²) in [5, 5.41) is 0. The zero-order chi connectivity index (χ0) is 17.6. The van der Waals surface area contributed by atoms with E-state index in [1.807, 2.05) is 6.07 Å². The molecule has 0 heterocycles. The van der Waals surface area contributed by atoms with E-state index in [2.05, 4.69) is 67.4 Å². The summed E-state index contributed by atoms with van der Waals surface area (Å²) in [6.45, 7) is 2.11. The molecular formula is C22H29N3. The van der Waals surface area contributed by atoms with Crippen LogP contribution in [0.3, 0.4) is 0 Å². The maximum absolute atomic E-state index is 6.43. The first kappa shape index (κ1) is 17.5. The van der Waals surface area contributed by atoms with Gasteiger partial charge in [-0.3, -0.25) is 0 Å². The Bertz CT molecular complexity index is 685. The van der Waals surface area contributed by atoms with Gasteiger partial charge in [-0.1, -0.05) is 79.4 Å². The Balaban J connectivity index is 1.89. The summed E-state index contributed by atoms with van der Waals surface area (Å²) >= 11 is 0. The first-order valence-electron chi connectivity index (χ1n) is 9.33. The standard InChI is InChI=1S/C22H29N3/c1-17-13-15-19(16-14-17)21(18-9-5-3-6-10-18)24-22(23)25(2)20-11-7-4-8-12-20/h3,5-6,9-10,13-16,20-21H,4,7-8,11-12H2,1-2H3,(H2,23,24). The number of guanidine groups is 1. The number of nitrogens with zero attached hydrogens (tertiary/aromatic N) is 2. The molecular weight excluding hydrogens is 306 g/mol. The molecule has 1 unspecified atom stereocenters. The van der Waals surface area contributed by atoms with Crippen molar-refractivity contribution < 1.29 is 0 Å². The number of aryl methyl sites for hydroxylation is 1. The van der Waals surface area contributed by atoms with Crippen molar-refractivity contribution in [1.29, 1.82) is 0 Å². The lowest BCUT2D eigenvalue weighted by Crippen LogP contribution is -2.43. The monoisotopic (exact) mass is 335 g/mol. The quantitative estimate of drug-likeness (QED) is 0.652. The molecule has 0 aromatic heterocycles. The largest absolute Gasteiger partial charge is 0.370 e. The summed E-state index contributed by atoms with van der Waals surface area (Å²) in [6, 6.07) is 19.5. The van der Waals surface area contributed by atoms with Crippen LogP contribution in [0.15, 0.2) is 59.6 Å². The maximum atomic E-state index is 6.43. The summed E-state index contributed by atoms with van der Waals surface area (Å²) in [4.78, 5) is 7.13. The van der Waals surface area contributed by atoms with Crippen LogP contribution in [0.4, 0.5) is 0 Å². The molecule has 1 saturated carbocycles. The van der Waals surface area contributed by atoms with Gasteiger partial charge in [-0.2, -0.15) is 0 Å². The van der Waals surface area contributed by atoms with Crippen LogP contribution in [0.25, 0.3) is 0 Å². The highest BCUT2D eigenvalue weighted by atomic mass is 15.3. The van der Waals surface area contributed by atoms with E-state index >= 15 is 0 Å². The Morgan fingerprint density at radius 2 is 1.56 bits per heavy atom. The van der Waals surface area contributed by atoms with Crippen molar-refractivity contribution >= 4 is 5.96 Å². The van der Waals surface area contributed by atoms with Gasteiger partial charge in [0.25, 0.3) is 0 Å². The first-order valence-corrected chi connectivity index (χ1v) is 9.33. The molecule has 132 valence electrons. The topological polar surface area (TPSA) is 41.6 Å². The summed E-state index contributed by atoms with van der Waals surface area (Å²) in [7, 11) is 2.09. The van der Waals surface area contributed by atoms with E-state index in [0.29, 0.717) is 12.0 Å². The Morgan fingerprint density at radius 3 is 2.20 bits per heavy atom. The number of nitrogens with two attached hydrogens (primary N) is 1. The number of hydrogen-bond acceptors (Lipinski definition) is 1. The predicted molar refractivity (Wildman–Crippen MR) is 106 cm³/mol. The molecule has 3 nitrogen and oxygen atoms in total. The molecule has 1 atom stereocenters. The molecule has 1 aliphatic rings. The minimum absolute atomic E-state index is 0.0622. The highest BCUT2D eigenvalue weighted by molar-refractivity contribution is 5.78. The normalized spacial score (nSPS) is 17.3. The average Bonchev–Trinajstić information content (AvgIpc) is 2.67. The van der Waals surface area contributed by atoms with Crippen molar-refractivity contribution in [3.8, 4) is 0 Å². The van der Waals surface area contributed by atoms with Crippen LogP contribution in [0.2, 0.25) is 0 Å². The van der Waals surface area contributed by atoms with E-state index in [1.165, 1.54) is 48.8 Å². The van der Waals surface area contributed by atoms with Crippen LogP contribution >= 0.6 is 0 Å². The van der Waals surface area contributed by atoms with Crippen LogP contribution in [-0.4, -0.2) is 23.9 Å². The molecule has 3 heteroatoms. The Hall–Kier alpha value is -2.29. The Morgan fingerprint density at radius 1 is 0.960 bits per heavy atom. The zero-order valence-electron chi connectivity index (χ0n) is 15.4. The van der Waals surface area contributed by atoms with E-state index in [1.54, 1.807) is 0 Å². The van der Waals surface area contributed by atoms with Gasteiger partial charge in [0, 0.05) is 13.1 Å². The van der Waals surface area contributed by atoms with Crippen LogP contribution in [0.1, 0.15) is 54.8 Å². The van der Waals surface area contributed by atoms with Crippen molar-refractivity contribution in [1.82, 2.24) is 4.90 Å². The van der Waals surface area contributed by atoms with Gasteiger partial charge in [0.2, 0.25) is 0 Å². The van der Waals surface area contributed by atoms with Crippen molar-refractivity contribution in [2.75, 3.05) is 7.05 Å². The SMILES string of the molecule is Cc1ccc(C(N=C(N)N(C)C2CCCCC2)c2ccccc2)cc1. The molecule has 25 heavy (non-hydrogen) atoms. The van der Waals surface area contributed by atoms with Crippen LogP contribution < -0.4 is 5.73 Å². The van der Waals surface area contributed by atoms with Crippen LogP contribution in [-0.2, 0) is 0 Å². The molecule has 1 aliphatic carbocycles. The highest BCUT2D eigenvalue weighted by Crippen LogP contribution is 2.27.